The van der Waals surface area contributed by atoms with Gasteiger partial charge >= 0.3 is 0 Å². The Bertz CT molecular complexity index is 856. The Hall–Kier alpha value is -2.89. The molecular formula is C22H25FN2O3. The third kappa shape index (κ3) is 4.16. The lowest BCUT2D eigenvalue weighted by Crippen LogP contribution is -2.35. The summed E-state index contributed by atoms with van der Waals surface area (Å²) in [6, 6.07) is 14.4. The summed E-state index contributed by atoms with van der Waals surface area (Å²) in [5.41, 5.74) is 1.72. The number of halogens is 1. The zero-order valence-corrected chi connectivity index (χ0v) is 16.4. The number of likely N-dealkylation sites (tertiary alicyclic amines) is 1. The van der Waals surface area contributed by atoms with Crippen LogP contribution in [0, 0.1) is 11.7 Å². The molecule has 3 rings (SSSR count). The van der Waals surface area contributed by atoms with Crippen LogP contribution in [0.25, 0.3) is 0 Å². The van der Waals surface area contributed by atoms with Crippen molar-refractivity contribution in [2.24, 2.45) is 5.92 Å². The molecule has 0 saturated carbocycles. The molecule has 6 heteroatoms. The number of hydrogen-bond acceptors (Lipinski definition) is 3. The van der Waals surface area contributed by atoms with Gasteiger partial charge in [0.25, 0.3) is 0 Å². The van der Waals surface area contributed by atoms with Crippen molar-refractivity contribution in [2.45, 2.75) is 25.9 Å². The zero-order valence-electron chi connectivity index (χ0n) is 16.4. The fourth-order valence-electron chi connectivity index (χ4n) is 3.65. The molecule has 2 amide bonds. The van der Waals surface area contributed by atoms with Crippen molar-refractivity contribution in [1.82, 2.24) is 9.80 Å². The highest BCUT2D eigenvalue weighted by Gasteiger charge is 2.38. The number of amides is 2. The second kappa shape index (κ2) is 8.42. The van der Waals surface area contributed by atoms with Crippen molar-refractivity contribution >= 4 is 11.8 Å². The van der Waals surface area contributed by atoms with Crippen LogP contribution in [0.4, 0.5) is 4.39 Å². The molecule has 1 saturated heterocycles. The van der Waals surface area contributed by atoms with Gasteiger partial charge in [0, 0.05) is 26.6 Å². The molecule has 0 bridgehead atoms. The smallest absolute Gasteiger partial charge is 0.228 e. The van der Waals surface area contributed by atoms with Crippen molar-refractivity contribution in [3.63, 3.8) is 0 Å². The number of hydrogen-bond donors (Lipinski definition) is 0. The van der Waals surface area contributed by atoms with Crippen molar-refractivity contribution < 1.29 is 18.7 Å². The molecule has 1 aliphatic rings. The van der Waals surface area contributed by atoms with Gasteiger partial charge in [-0.2, -0.15) is 0 Å². The van der Waals surface area contributed by atoms with Crippen LogP contribution in [0.5, 0.6) is 5.75 Å². The fraction of sp³-hybridized carbons (Fsp3) is 0.364. The van der Waals surface area contributed by atoms with E-state index in [-0.39, 0.29) is 42.5 Å². The van der Waals surface area contributed by atoms with E-state index in [9.17, 15) is 14.0 Å². The van der Waals surface area contributed by atoms with Crippen LogP contribution in [-0.4, -0.2) is 42.3 Å². The monoisotopic (exact) mass is 384 g/mol. The van der Waals surface area contributed by atoms with E-state index in [1.165, 1.54) is 13.2 Å². The number of ether oxygens (including phenoxy) is 1. The highest BCUT2D eigenvalue weighted by Crippen LogP contribution is 2.29. The molecule has 0 spiro atoms. The van der Waals surface area contributed by atoms with Gasteiger partial charge in [-0.3, -0.25) is 9.59 Å². The minimum absolute atomic E-state index is 0.0152. The lowest BCUT2D eigenvalue weighted by molar-refractivity contribution is -0.135. The predicted octanol–water partition coefficient (Wildman–Crippen LogP) is 3.40. The van der Waals surface area contributed by atoms with Crippen molar-refractivity contribution in [2.75, 3.05) is 20.7 Å². The number of carbonyl (C=O) groups is 2. The van der Waals surface area contributed by atoms with E-state index in [0.717, 1.165) is 5.56 Å². The van der Waals surface area contributed by atoms with Gasteiger partial charge in [-0.05, 0) is 30.2 Å². The lowest BCUT2D eigenvalue weighted by atomic mass is 10.1. The minimum Gasteiger partial charge on any atom is -0.494 e. The first-order chi connectivity index (χ1) is 13.4. The van der Waals surface area contributed by atoms with Crippen LogP contribution < -0.4 is 4.74 Å². The molecular weight excluding hydrogens is 359 g/mol. The highest BCUT2D eigenvalue weighted by molar-refractivity contribution is 5.89. The number of rotatable bonds is 6. The summed E-state index contributed by atoms with van der Waals surface area (Å²) < 4.78 is 18.8. The van der Waals surface area contributed by atoms with Crippen LogP contribution in [-0.2, 0) is 16.1 Å². The standard InChI is InChI=1S/C22H25FN2O3/c1-15(17-7-5-4-6-8-17)25-14-18(12-21(25)26)22(27)24(2)13-16-9-10-20(28-3)19(23)11-16/h4-11,15,18H,12-14H2,1-3H3. The average Bonchev–Trinajstić information content (AvgIpc) is 3.09. The third-order valence-corrected chi connectivity index (χ3v) is 5.27. The summed E-state index contributed by atoms with van der Waals surface area (Å²) in [7, 11) is 3.09. The van der Waals surface area contributed by atoms with Crippen LogP contribution in [0.2, 0.25) is 0 Å². The molecule has 2 unspecified atom stereocenters. The Morgan fingerprint density at radius 3 is 2.64 bits per heavy atom. The largest absolute Gasteiger partial charge is 0.494 e. The van der Waals surface area contributed by atoms with Crippen LogP contribution in [0.3, 0.4) is 0 Å². The van der Waals surface area contributed by atoms with E-state index >= 15 is 0 Å². The van der Waals surface area contributed by atoms with E-state index in [2.05, 4.69) is 0 Å². The summed E-state index contributed by atoms with van der Waals surface area (Å²) in [6.45, 7) is 2.65. The Kier molecular flexibility index (Phi) is 5.97. The molecule has 0 radical (unpaired) electrons. The van der Waals surface area contributed by atoms with Crippen molar-refractivity contribution in [3.8, 4) is 5.75 Å². The van der Waals surface area contributed by atoms with Gasteiger partial charge in [0.15, 0.2) is 11.6 Å². The zero-order chi connectivity index (χ0) is 20.3. The first kappa shape index (κ1) is 19.9. The van der Waals surface area contributed by atoms with Crippen LogP contribution in [0.15, 0.2) is 48.5 Å². The first-order valence-electron chi connectivity index (χ1n) is 9.32. The third-order valence-electron chi connectivity index (χ3n) is 5.27. The van der Waals surface area contributed by atoms with E-state index in [0.29, 0.717) is 12.1 Å². The van der Waals surface area contributed by atoms with E-state index < -0.39 is 5.82 Å². The molecule has 28 heavy (non-hydrogen) atoms. The maximum absolute atomic E-state index is 13.9. The number of methoxy groups -OCH3 is 1. The minimum atomic E-state index is -0.459. The molecule has 2 atom stereocenters. The lowest BCUT2D eigenvalue weighted by Gasteiger charge is -2.26. The number of benzene rings is 2. The van der Waals surface area contributed by atoms with Crippen LogP contribution >= 0.6 is 0 Å². The van der Waals surface area contributed by atoms with E-state index in [1.807, 2.05) is 37.3 Å². The molecule has 1 fully saturated rings. The summed E-state index contributed by atoms with van der Waals surface area (Å²) in [5, 5.41) is 0. The maximum Gasteiger partial charge on any atom is 0.228 e. The Labute approximate surface area is 164 Å². The van der Waals surface area contributed by atoms with Gasteiger partial charge in [0.1, 0.15) is 0 Å². The number of carbonyl (C=O) groups excluding carboxylic acids is 2. The molecule has 2 aromatic rings. The molecule has 0 aliphatic carbocycles. The van der Waals surface area contributed by atoms with Gasteiger partial charge in [0.05, 0.1) is 19.1 Å². The molecule has 1 heterocycles. The number of nitrogens with zero attached hydrogens (tertiary/aromatic N) is 2. The molecule has 1 aliphatic heterocycles. The van der Waals surface area contributed by atoms with Gasteiger partial charge in [-0.1, -0.05) is 36.4 Å². The average molecular weight is 384 g/mol. The van der Waals surface area contributed by atoms with E-state index in [1.54, 1.807) is 29.0 Å². The summed E-state index contributed by atoms with van der Waals surface area (Å²) in [4.78, 5) is 28.6. The van der Waals surface area contributed by atoms with Crippen LogP contribution in [0.1, 0.15) is 30.5 Å². The molecule has 0 N–H and O–H groups in total. The van der Waals surface area contributed by atoms with E-state index in [4.69, 9.17) is 4.74 Å². The highest BCUT2D eigenvalue weighted by atomic mass is 19.1. The summed E-state index contributed by atoms with van der Waals surface area (Å²) >= 11 is 0. The molecule has 0 aromatic heterocycles. The quantitative estimate of drug-likeness (QED) is 0.767. The van der Waals surface area contributed by atoms with Crippen molar-refractivity contribution in [1.29, 1.82) is 0 Å². The Morgan fingerprint density at radius 1 is 1.29 bits per heavy atom. The second-order valence-corrected chi connectivity index (χ2v) is 7.20. The van der Waals surface area contributed by atoms with Gasteiger partial charge in [0.2, 0.25) is 11.8 Å². The summed E-state index contributed by atoms with van der Waals surface area (Å²) in [6.07, 6.45) is 0.206. The Balaban J connectivity index is 1.64. The normalized spacial score (nSPS) is 17.5. The molecule has 5 nitrogen and oxygen atoms in total. The predicted molar refractivity (Wildman–Crippen MR) is 104 cm³/mol. The topological polar surface area (TPSA) is 49.9 Å². The second-order valence-electron chi connectivity index (χ2n) is 7.20. The SMILES string of the molecule is COc1ccc(CN(C)C(=O)C2CC(=O)N(C(C)c3ccccc3)C2)cc1F. The van der Waals surface area contributed by atoms with Gasteiger partial charge in [-0.15, -0.1) is 0 Å². The van der Waals surface area contributed by atoms with Crippen molar-refractivity contribution in [3.05, 3.63) is 65.5 Å². The van der Waals surface area contributed by atoms with Gasteiger partial charge < -0.3 is 14.5 Å². The molecule has 148 valence electrons. The molecule has 2 aromatic carbocycles. The maximum atomic E-state index is 13.9. The van der Waals surface area contributed by atoms with Gasteiger partial charge in [-0.25, -0.2) is 4.39 Å². The first-order valence-corrected chi connectivity index (χ1v) is 9.32. The summed E-state index contributed by atoms with van der Waals surface area (Å²) in [5.74, 6) is -0.790. The fourth-order valence-corrected chi connectivity index (χ4v) is 3.65. The Morgan fingerprint density at radius 2 is 2.00 bits per heavy atom.